The molecule has 4 rings (SSSR count). The van der Waals surface area contributed by atoms with Crippen LogP contribution >= 0.6 is 11.8 Å². The minimum Gasteiger partial charge on any atom is -0.497 e. The summed E-state index contributed by atoms with van der Waals surface area (Å²) in [7, 11) is 1.61. The van der Waals surface area contributed by atoms with E-state index in [0.717, 1.165) is 35.3 Å². The van der Waals surface area contributed by atoms with E-state index in [2.05, 4.69) is 25.9 Å². The quantitative estimate of drug-likeness (QED) is 0.856. The molecule has 2 aliphatic rings. The van der Waals surface area contributed by atoms with Gasteiger partial charge in [-0.25, -0.2) is 4.79 Å². The number of hydrogen-bond acceptors (Lipinski definition) is 5. The van der Waals surface area contributed by atoms with Crippen molar-refractivity contribution in [3.8, 4) is 5.75 Å². The van der Waals surface area contributed by atoms with Crippen LogP contribution in [0.1, 0.15) is 5.56 Å². The first-order valence-electron chi connectivity index (χ1n) is 8.24. The Kier molecular flexibility index (Phi) is 4.53. The fourth-order valence-electron chi connectivity index (χ4n) is 2.84. The molecule has 0 aliphatic carbocycles. The highest BCUT2D eigenvalue weighted by Gasteiger charge is 2.26. The van der Waals surface area contributed by atoms with Gasteiger partial charge in [0.15, 0.2) is 5.17 Å². The number of methoxy groups -OCH3 is 1. The molecule has 0 aromatic heterocycles. The third kappa shape index (κ3) is 3.39. The van der Waals surface area contributed by atoms with Crippen LogP contribution in [0.15, 0.2) is 58.9 Å². The van der Waals surface area contributed by atoms with Crippen molar-refractivity contribution >= 4 is 40.0 Å². The lowest BCUT2D eigenvalue weighted by atomic mass is 10.1. The Labute approximate surface area is 155 Å². The standard InChI is InChI=1S/C19H18N4O2S/c1-25-16-8-6-15(7-9-16)22-18(24)21-14-4-2-13(3-5-14)17-12-26-19-20-10-11-23(17)19/h2-9,12H,10-11H2,1H3,(H2,21,22,24). The maximum atomic E-state index is 12.1. The van der Waals surface area contributed by atoms with Crippen LogP contribution in [-0.4, -0.2) is 36.3 Å². The van der Waals surface area contributed by atoms with Gasteiger partial charge in [0.25, 0.3) is 0 Å². The Balaban J connectivity index is 1.38. The predicted octanol–water partition coefficient (Wildman–Crippen LogP) is 4.06. The molecular formula is C19H18N4O2S. The monoisotopic (exact) mass is 366 g/mol. The van der Waals surface area contributed by atoms with Gasteiger partial charge in [-0.15, -0.1) is 0 Å². The third-order valence-corrected chi connectivity index (χ3v) is 5.06. The molecule has 0 unspecified atom stereocenters. The van der Waals surface area contributed by atoms with Crippen LogP contribution in [0.4, 0.5) is 16.2 Å². The first kappa shape index (κ1) is 16.5. The summed E-state index contributed by atoms with van der Waals surface area (Å²) in [6.07, 6.45) is 0. The molecule has 132 valence electrons. The van der Waals surface area contributed by atoms with E-state index in [9.17, 15) is 4.79 Å². The van der Waals surface area contributed by atoms with Crippen LogP contribution in [0.3, 0.4) is 0 Å². The Bertz CT molecular complexity index is 875. The zero-order valence-electron chi connectivity index (χ0n) is 14.2. The molecule has 0 saturated heterocycles. The maximum Gasteiger partial charge on any atom is 0.323 e. The van der Waals surface area contributed by atoms with Crippen molar-refractivity contribution in [1.82, 2.24) is 4.90 Å². The van der Waals surface area contributed by atoms with Gasteiger partial charge in [0.1, 0.15) is 5.75 Å². The fraction of sp³-hybridized carbons (Fsp3) is 0.158. The highest BCUT2D eigenvalue weighted by Crippen LogP contribution is 2.35. The molecule has 0 saturated carbocycles. The second-order valence-corrected chi connectivity index (χ2v) is 6.66. The van der Waals surface area contributed by atoms with Crippen LogP contribution in [0.2, 0.25) is 0 Å². The first-order valence-corrected chi connectivity index (χ1v) is 9.12. The lowest BCUT2D eigenvalue weighted by molar-refractivity contribution is 0.262. The smallest absolute Gasteiger partial charge is 0.323 e. The van der Waals surface area contributed by atoms with Crippen molar-refractivity contribution in [2.45, 2.75) is 0 Å². The summed E-state index contributed by atoms with van der Waals surface area (Å²) in [5.41, 5.74) is 3.72. The number of nitrogens with one attached hydrogen (secondary N) is 2. The van der Waals surface area contributed by atoms with Gasteiger partial charge >= 0.3 is 6.03 Å². The maximum absolute atomic E-state index is 12.1. The molecule has 0 spiro atoms. The third-order valence-electron chi connectivity index (χ3n) is 4.15. The molecule has 2 aromatic carbocycles. The molecule has 2 aromatic rings. The summed E-state index contributed by atoms with van der Waals surface area (Å²) in [6.45, 7) is 1.78. The number of aliphatic imine (C=N–C) groups is 1. The largest absolute Gasteiger partial charge is 0.497 e. The molecule has 0 atom stereocenters. The number of amides is 2. The predicted molar refractivity (Wildman–Crippen MR) is 107 cm³/mol. The number of urea groups is 1. The number of ether oxygens (including phenoxy) is 1. The molecule has 26 heavy (non-hydrogen) atoms. The number of amidine groups is 1. The number of thioether (sulfide) groups is 1. The number of hydrogen-bond donors (Lipinski definition) is 2. The number of anilines is 2. The van der Waals surface area contributed by atoms with Gasteiger partial charge in [-0.05, 0) is 42.0 Å². The van der Waals surface area contributed by atoms with Crippen molar-refractivity contribution in [3.63, 3.8) is 0 Å². The lowest BCUT2D eigenvalue weighted by Crippen LogP contribution is -2.20. The van der Waals surface area contributed by atoms with Crippen molar-refractivity contribution < 1.29 is 9.53 Å². The van der Waals surface area contributed by atoms with Crippen molar-refractivity contribution in [2.24, 2.45) is 4.99 Å². The second-order valence-electron chi connectivity index (χ2n) is 5.82. The van der Waals surface area contributed by atoms with Gasteiger partial charge in [-0.1, -0.05) is 23.9 Å². The molecule has 7 heteroatoms. The van der Waals surface area contributed by atoms with Gasteiger partial charge in [0.05, 0.1) is 19.4 Å². The zero-order valence-corrected chi connectivity index (χ0v) is 15.0. The summed E-state index contributed by atoms with van der Waals surface area (Å²) in [5, 5.41) is 8.83. The molecular weight excluding hydrogens is 348 g/mol. The number of nitrogens with zero attached hydrogens (tertiary/aromatic N) is 2. The fourth-order valence-corrected chi connectivity index (χ4v) is 3.80. The van der Waals surface area contributed by atoms with Crippen LogP contribution < -0.4 is 15.4 Å². The van der Waals surface area contributed by atoms with E-state index in [-0.39, 0.29) is 6.03 Å². The van der Waals surface area contributed by atoms with Gasteiger partial charge in [-0.3, -0.25) is 4.99 Å². The van der Waals surface area contributed by atoms with Gasteiger partial charge < -0.3 is 20.3 Å². The zero-order chi connectivity index (χ0) is 17.9. The van der Waals surface area contributed by atoms with E-state index in [0.29, 0.717) is 5.69 Å². The average Bonchev–Trinajstić information content (AvgIpc) is 3.27. The molecule has 0 bridgehead atoms. The molecule has 2 heterocycles. The van der Waals surface area contributed by atoms with E-state index in [1.54, 1.807) is 43.1 Å². The topological polar surface area (TPSA) is 66.0 Å². The number of benzene rings is 2. The number of carbonyl (C=O) groups excluding carboxylic acids is 1. The molecule has 2 aliphatic heterocycles. The highest BCUT2D eigenvalue weighted by atomic mass is 32.2. The van der Waals surface area contributed by atoms with Crippen LogP contribution in [0.5, 0.6) is 5.75 Å². The Morgan fingerprint density at radius 3 is 2.38 bits per heavy atom. The van der Waals surface area contributed by atoms with E-state index < -0.39 is 0 Å². The van der Waals surface area contributed by atoms with Crippen LogP contribution in [0.25, 0.3) is 5.70 Å². The number of carbonyl (C=O) groups is 1. The summed E-state index contributed by atoms with van der Waals surface area (Å²) < 4.78 is 5.10. The summed E-state index contributed by atoms with van der Waals surface area (Å²) in [6, 6.07) is 14.7. The molecule has 2 amide bonds. The molecule has 2 N–H and O–H groups in total. The Morgan fingerprint density at radius 1 is 1.08 bits per heavy atom. The van der Waals surface area contributed by atoms with E-state index in [1.807, 2.05) is 24.3 Å². The van der Waals surface area contributed by atoms with Gasteiger partial charge in [0, 0.05) is 23.3 Å². The van der Waals surface area contributed by atoms with E-state index >= 15 is 0 Å². The van der Waals surface area contributed by atoms with E-state index in [4.69, 9.17) is 4.74 Å². The second kappa shape index (κ2) is 7.13. The number of fused-ring (bicyclic) bond motifs is 1. The average molecular weight is 366 g/mol. The van der Waals surface area contributed by atoms with E-state index in [1.165, 1.54) is 5.70 Å². The minimum atomic E-state index is -0.285. The highest BCUT2D eigenvalue weighted by molar-refractivity contribution is 8.16. The molecule has 0 radical (unpaired) electrons. The van der Waals surface area contributed by atoms with Crippen molar-refractivity contribution in [1.29, 1.82) is 0 Å². The van der Waals surface area contributed by atoms with Crippen molar-refractivity contribution in [2.75, 3.05) is 30.8 Å². The normalized spacial score (nSPS) is 15.2. The Morgan fingerprint density at radius 2 is 1.73 bits per heavy atom. The molecule has 6 nitrogen and oxygen atoms in total. The molecule has 0 fully saturated rings. The minimum absolute atomic E-state index is 0.285. The van der Waals surface area contributed by atoms with Crippen molar-refractivity contribution in [3.05, 3.63) is 59.5 Å². The van der Waals surface area contributed by atoms with Gasteiger partial charge in [0.2, 0.25) is 0 Å². The summed E-state index contributed by atoms with van der Waals surface area (Å²) >= 11 is 1.66. The summed E-state index contributed by atoms with van der Waals surface area (Å²) in [4.78, 5) is 18.8. The van der Waals surface area contributed by atoms with Crippen LogP contribution in [-0.2, 0) is 0 Å². The number of rotatable bonds is 4. The summed E-state index contributed by atoms with van der Waals surface area (Å²) in [5.74, 6) is 0.747. The SMILES string of the molecule is COc1ccc(NC(=O)Nc2ccc(C3=CSC4=NCCN34)cc2)cc1. The Hall–Kier alpha value is -2.93. The lowest BCUT2D eigenvalue weighted by Gasteiger charge is -2.17. The first-order chi connectivity index (χ1) is 12.7. The van der Waals surface area contributed by atoms with Gasteiger partial charge in [-0.2, -0.15) is 0 Å². The van der Waals surface area contributed by atoms with Crippen LogP contribution in [0, 0.1) is 0 Å².